The van der Waals surface area contributed by atoms with Crippen LogP contribution in [0.1, 0.15) is 25.8 Å². The average molecular weight is 314 g/mol. The van der Waals surface area contributed by atoms with E-state index in [4.69, 9.17) is 4.74 Å². The van der Waals surface area contributed by atoms with Crippen molar-refractivity contribution in [3.05, 3.63) is 34.3 Å². The Balaban J connectivity index is 2.61. The lowest BCUT2D eigenvalue weighted by molar-refractivity contribution is 0.170. The van der Waals surface area contributed by atoms with Gasteiger partial charge in [-0.15, -0.1) is 0 Å². The summed E-state index contributed by atoms with van der Waals surface area (Å²) in [5.41, 5.74) is 1.37. The van der Waals surface area contributed by atoms with Gasteiger partial charge in [0.05, 0.1) is 0 Å². The number of nitrogens with one attached hydrogen (secondary N) is 1. The summed E-state index contributed by atoms with van der Waals surface area (Å²) in [6.07, 6.45) is 2.17. The number of hydrogen-bond donors (Lipinski definition) is 1. The van der Waals surface area contributed by atoms with E-state index in [1.54, 1.807) is 7.11 Å². The van der Waals surface area contributed by atoms with Crippen molar-refractivity contribution in [2.75, 3.05) is 20.3 Å². The number of rotatable bonds is 8. The van der Waals surface area contributed by atoms with Gasteiger partial charge in [0, 0.05) is 24.2 Å². The van der Waals surface area contributed by atoms with E-state index in [-0.39, 0.29) is 0 Å². The number of methoxy groups -OCH3 is 1. The van der Waals surface area contributed by atoms with Gasteiger partial charge in [-0.3, -0.25) is 0 Å². The Labute approximate surface area is 119 Å². The molecule has 0 saturated heterocycles. The van der Waals surface area contributed by atoms with E-state index in [2.05, 4.69) is 59.4 Å². The molecule has 1 N–H and O–H groups in total. The minimum atomic E-state index is 0.513. The fourth-order valence-corrected chi connectivity index (χ4v) is 2.61. The maximum atomic E-state index is 5.17. The average Bonchev–Trinajstić information content (AvgIpc) is 2.35. The van der Waals surface area contributed by atoms with E-state index in [1.807, 2.05) is 0 Å². The van der Waals surface area contributed by atoms with Crippen molar-refractivity contribution in [3.8, 4) is 0 Å². The van der Waals surface area contributed by atoms with Crippen LogP contribution in [0.5, 0.6) is 0 Å². The van der Waals surface area contributed by atoms with Crippen LogP contribution < -0.4 is 5.32 Å². The molecule has 0 radical (unpaired) electrons. The van der Waals surface area contributed by atoms with Gasteiger partial charge in [0.2, 0.25) is 0 Å². The molecule has 0 aliphatic rings. The number of ether oxygens (including phenoxy) is 1. The predicted molar refractivity (Wildman–Crippen MR) is 81.0 cm³/mol. The monoisotopic (exact) mass is 313 g/mol. The lowest BCUT2D eigenvalue weighted by Gasteiger charge is -2.25. The fourth-order valence-electron chi connectivity index (χ4n) is 2.16. The molecule has 2 atom stereocenters. The molecule has 2 unspecified atom stereocenters. The standard InChI is InChI=1S/C15H24BrNO/c1-4-17-15(12(2)8-9-18-3)11-13-6-5-7-14(16)10-13/h5-7,10,12,15,17H,4,8-9,11H2,1-3H3. The molecule has 102 valence electrons. The van der Waals surface area contributed by atoms with Crippen LogP contribution in [0.2, 0.25) is 0 Å². The van der Waals surface area contributed by atoms with Crippen molar-refractivity contribution in [1.82, 2.24) is 5.32 Å². The quantitative estimate of drug-likeness (QED) is 0.791. The Bertz CT molecular complexity index is 343. The Morgan fingerprint density at radius 2 is 2.17 bits per heavy atom. The van der Waals surface area contributed by atoms with Gasteiger partial charge in [0.1, 0.15) is 0 Å². The largest absolute Gasteiger partial charge is 0.385 e. The minimum Gasteiger partial charge on any atom is -0.385 e. The van der Waals surface area contributed by atoms with Crippen LogP contribution in [-0.4, -0.2) is 26.3 Å². The van der Waals surface area contributed by atoms with Crippen LogP contribution in [0.3, 0.4) is 0 Å². The van der Waals surface area contributed by atoms with Crippen LogP contribution in [0.25, 0.3) is 0 Å². The highest BCUT2D eigenvalue weighted by Crippen LogP contribution is 2.17. The second kappa shape index (κ2) is 8.68. The van der Waals surface area contributed by atoms with Gasteiger partial charge in [-0.1, -0.05) is 41.9 Å². The van der Waals surface area contributed by atoms with Crippen molar-refractivity contribution in [1.29, 1.82) is 0 Å². The molecule has 1 rings (SSSR count). The number of halogens is 1. The van der Waals surface area contributed by atoms with Crippen LogP contribution in [0.15, 0.2) is 28.7 Å². The van der Waals surface area contributed by atoms with E-state index >= 15 is 0 Å². The molecule has 18 heavy (non-hydrogen) atoms. The van der Waals surface area contributed by atoms with Crippen LogP contribution in [0, 0.1) is 5.92 Å². The Morgan fingerprint density at radius 1 is 1.39 bits per heavy atom. The van der Waals surface area contributed by atoms with Gasteiger partial charge in [-0.05, 0) is 43.0 Å². The summed E-state index contributed by atoms with van der Waals surface area (Å²) in [4.78, 5) is 0. The molecule has 0 spiro atoms. The first-order valence-electron chi connectivity index (χ1n) is 6.64. The highest BCUT2D eigenvalue weighted by molar-refractivity contribution is 9.10. The van der Waals surface area contributed by atoms with Crippen molar-refractivity contribution >= 4 is 15.9 Å². The molecule has 3 heteroatoms. The van der Waals surface area contributed by atoms with Crippen LogP contribution in [0.4, 0.5) is 0 Å². The zero-order chi connectivity index (χ0) is 13.4. The lowest BCUT2D eigenvalue weighted by atomic mass is 9.92. The number of hydrogen-bond acceptors (Lipinski definition) is 2. The van der Waals surface area contributed by atoms with E-state index in [1.165, 1.54) is 5.56 Å². The molecule has 0 bridgehead atoms. The summed E-state index contributed by atoms with van der Waals surface area (Å²) in [6.45, 7) is 6.30. The summed E-state index contributed by atoms with van der Waals surface area (Å²) in [7, 11) is 1.77. The third-order valence-electron chi connectivity index (χ3n) is 3.28. The van der Waals surface area contributed by atoms with Crippen molar-refractivity contribution in [2.45, 2.75) is 32.7 Å². The Hall–Kier alpha value is -0.380. The molecular weight excluding hydrogens is 290 g/mol. The summed E-state index contributed by atoms with van der Waals surface area (Å²) >= 11 is 3.53. The van der Waals surface area contributed by atoms with Gasteiger partial charge in [-0.2, -0.15) is 0 Å². The van der Waals surface area contributed by atoms with E-state index < -0.39 is 0 Å². The van der Waals surface area contributed by atoms with Crippen molar-refractivity contribution < 1.29 is 4.74 Å². The zero-order valence-corrected chi connectivity index (χ0v) is 13.2. The minimum absolute atomic E-state index is 0.513. The highest BCUT2D eigenvalue weighted by atomic mass is 79.9. The van der Waals surface area contributed by atoms with Crippen LogP contribution in [-0.2, 0) is 11.2 Å². The van der Waals surface area contributed by atoms with E-state index in [9.17, 15) is 0 Å². The summed E-state index contributed by atoms with van der Waals surface area (Å²) in [5.74, 6) is 0.615. The third kappa shape index (κ3) is 5.51. The molecule has 0 aromatic heterocycles. The summed E-state index contributed by atoms with van der Waals surface area (Å²) < 4.78 is 6.33. The van der Waals surface area contributed by atoms with Crippen molar-refractivity contribution in [2.24, 2.45) is 5.92 Å². The first-order valence-corrected chi connectivity index (χ1v) is 7.43. The molecule has 1 aromatic rings. The third-order valence-corrected chi connectivity index (χ3v) is 3.77. The molecule has 0 aliphatic heterocycles. The summed E-state index contributed by atoms with van der Waals surface area (Å²) in [5, 5.41) is 3.59. The van der Waals surface area contributed by atoms with Crippen molar-refractivity contribution in [3.63, 3.8) is 0 Å². The SMILES string of the molecule is CCNC(Cc1cccc(Br)c1)C(C)CCOC. The Kier molecular flexibility index (Phi) is 7.56. The van der Waals surface area contributed by atoms with Gasteiger partial charge in [0.15, 0.2) is 0 Å². The number of likely N-dealkylation sites (N-methyl/N-ethyl adjacent to an activating group) is 1. The molecule has 0 fully saturated rings. The smallest absolute Gasteiger partial charge is 0.0465 e. The van der Waals surface area contributed by atoms with Gasteiger partial charge in [0.25, 0.3) is 0 Å². The highest BCUT2D eigenvalue weighted by Gasteiger charge is 2.16. The lowest BCUT2D eigenvalue weighted by Crippen LogP contribution is -2.37. The van der Waals surface area contributed by atoms with Crippen LogP contribution >= 0.6 is 15.9 Å². The zero-order valence-electron chi connectivity index (χ0n) is 11.6. The normalized spacial score (nSPS) is 14.4. The second-order valence-electron chi connectivity index (χ2n) is 4.76. The van der Waals surface area contributed by atoms with Gasteiger partial charge < -0.3 is 10.1 Å². The molecule has 0 saturated carbocycles. The first kappa shape index (κ1) is 15.7. The fraction of sp³-hybridized carbons (Fsp3) is 0.600. The Morgan fingerprint density at radius 3 is 2.78 bits per heavy atom. The van der Waals surface area contributed by atoms with E-state index in [0.717, 1.165) is 30.5 Å². The second-order valence-corrected chi connectivity index (χ2v) is 5.67. The molecular formula is C15H24BrNO. The van der Waals surface area contributed by atoms with Gasteiger partial charge >= 0.3 is 0 Å². The molecule has 0 heterocycles. The maximum absolute atomic E-state index is 5.17. The molecule has 1 aromatic carbocycles. The summed E-state index contributed by atoms with van der Waals surface area (Å²) in [6, 6.07) is 9.08. The topological polar surface area (TPSA) is 21.3 Å². The molecule has 0 aliphatic carbocycles. The van der Waals surface area contributed by atoms with Gasteiger partial charge in [-0.25, -0.2) is 0 Å². The predicted octanol–water partition coefficient (Wildman–Crippen LogP) is 3.64. The van der Waals surface area contributed by atoms with E-state index in [0.29, 0.717) is 12.0 Å². The number of benzene rings is 1. The molecule has 0 amide bonds. The first-order chi connectivity index (χ1) is 8.67. The maximum Gasteiger partial charge on any atom is 0.0465 e. The molecule has 2 nitrogen and oxygen atoms in total.